The molecule has 4 rings (SSSR count). The number of nitrogens with one attached hydrogen (secondary N) is 1. The van der Waals surface area contributed by atoms with Crippen molar-refractivity contribution in [1.29, 1.82) is 0 Å². The lowest BCUT2D eigenvalue weighted by Gasteiger charge is -2.28. The van der Waals surface area contributed by atoms with Gasteiger partial charge in [0.2, 0.25) is 0 Å². The van der Waals surface area contributed by atoms with Crippen molar-refractivity contribution in [3.8, 4) is 11.5 Å². The molecule has 0 radical (unpaired) electrons. The van der Waals surface area contributed by atoms with E-state index < -0.39 is 0 Å². The molecule has 29 heavy (non-hydrogen) atoms. The fourth-order valence-corrected chi connectivity index (χ4v) is 4.04. The molecule has 0 unspecified atom stereocenters. The van der Waals surface area contributed by atoms with Gasteiger partial charge in [0, 0.05) is 6.04 Å². The molecular formula is C26H29NO2. The molecule has 1 N–H and O–H groups in total. The summed E-state index contributed by atoms with van der Waals surface area (Å²) in [6.07, 6.45) is 2.04. The van der Waals surface area contributed by atoms with Crippen LogP contribution in [-0.2, 0) is 19.4 Å². The number of benzene rings is 3. The van der Waals surface area contributed by atoms with E-state index in [1.165, 1.54) is 27.8 Å². The molecule has 0 saturated heterocycles. The predicted octanol–water partition coefficient (Wildman–Crippen LogP) is 5.32. The van der Waals surface area contributed by atoms with Gasteiger partial charge in [0.1, 0.15) is 6.61 Å². The van der Waals surface area contributed by atoms with Gasteiger partial charge in [-0.2, -0.15) is 0 Å². The summed E-state index contributed by atoms with van der Waals surface area (Å²) in [6.45, 7) is 5.96. The Balaban J connectivity index is 1.51. The van der Waals surface area contributed by atoms with Crippen LogP contribution >= 0.6 is 0 Å². The molecule has 0 amide bonds. The third-order valence-electron chi connectivity index (χ3n) is 5.82. The molecule has 1 atom stereocenters. The minimum atomic E-state index is 0.332. The molecular weight excluding hydrogens is 358 g/mol. The summed E-state index contributed by atoms with van der Waals surface area (Å²) in [5.41, 5.74) is 8.05. The zero-order valence-corrected chi connectivity index (χ0v) is 17.5. The Morgan fingerprint density at radius 2 is 1.69 bits per heavy atom. The molecule has 0 saturated carbocycles. The summed E-state index contributed by atoms with van der Waals surface area (Å²) in [7, 11) is 1.70. The largest absolute Gasteiger partial charge is 0.493 e. The quantitative estimate of drug-likeness (QED) is 0.621. The van der Waals surface area contributed by atoms with Crippen LogP contribution in [0.3, 0.4) is 0 Å². The summed E-state index contributed by atoms with van der Waals surface area (Å²) in [5, 5.41) is 3.70. The number of hydrogen-bond donors (Lipinski definition) is 1. The van der Waals surface area contributed by atoms with Crippen molar-refractivity contribution in [3.63, 3.8) is 0 Å². The van der Waals surface area contributed by atoms with Crippen molar-refractivity contribution < 1.29 is 9.47 Å². The SMILES string of the molecule is COc1cc(C[C@H]2NCCc3cc(C)c(C)cc32)ccc1OCc1ccccc1. The van der Waals surface area contributed by atoms with Crippen LogP contribution in [0.4, 0.5) is 0 Å². The van der Waals surface area contributed by atoms with E-state index in [1.54, 1.807) is 7.11 Å². The van der Waals surface area contributed by atoms with E-state index in [0.717, 1.165) is 36.4 Å². The van der Waals surface area contributed by atoms with E-state index in [1.807, 2.05) is 24.3 Å². The Labute approximate surface area is 173 Å². The predicted molar refractivity (Wildman–Crippen MR) is 118 cm³/mol. The number of aryl methyl sites for hydroxylation is 2. The maximum atomic E-state index is 6.00. The van der Waals surface area contributed by atoms with Gasteiger partial charge < -0.3 is 14.8 Å². The number of methoxy groups -OCH3 is 1. The average Bonchev–Trinajstić information content (AvgIpc) is 2.75. The van der Waals surface area contributed by atoms with Crippen LogP contribution in [0.2, 0.25) is 0 Å². The van der Waals surface area contributed by atoms with Crippen LogP contribution in [0.15, 0.2) is 60.7 Å². The van der Waals surface area contributed by atoms with Gasteiger partial charge in [-0.25, -0.2) is 0 Å². The number of hydrogen-bond acceptors (Lipinski definition) is 3. The van der Waals surface area contributed by atoms with Crippen LogP contribution in [0.25, 0.3) is 0 Å². The van der Waals surface area contributed by atoms with Gasteiger partial charge in [-0.1, -0.05) is 48.5 Å². The molecule has 0 aliphatic carbocycles. The standard InChI is InChI=1S/C26H29NO2/c1-18-13-22-11-12-27-24(23(22)14-19(18)2)15-21-9-10-25(26(16-21)28-3)29-17-20-7-5-4-6-8-20/h4-10,13-14,16,24,27H,11-12,15,17H2,1-3H3/t24-/m1/s1. The van der Waals surface area contributed by atoms with Gasteiger partial charge >= 0.3 is 0 Å². The van der Waals surface area contributed by atoms with Gasteiger partial charge in [-0.05, 0) is 78.7 Å². The first-order valence-electron chi connectivity index (χ1n) is 10.3. The minimum absolute atomic E-state index is 0.332. The molecule has 3 aromatic rings. The molecule has 0 bridgehead atoms. The number of ether oxygens (including phenoxy) is 2. The first-order valence-corrected chi connectivity index (χ1v) is 10.3. The van der Waals surface area contributed by atoms with Gasteiger partial charge in [-0.3, -0.25) is 0 Å². The number of rotatable bonds is 6. The van der Waals surface area contributed by atoms with E-state index in [4.69, 9.17) is 9.47 Å². The van der Waals surface area contributed by atoms with Gasteiger partial charge in [0.25, 0.3) is 0 Å². The van der Waals surface area contributed by atoms with Gasteiger partial charge in [-0.15, -0.1) is 0 Å². The van der Waals surface area contributed by atoms with E-state index in [2.05, 4.69) is 55.6 Å². The zero-order valence-electron chi connectivity index (χ0n) is 17.5. The minimum Gasteiger partial charge on any atom is -0.493 e. The smallest absolute Gasteiger partial charge is 0.161 e. The molecule has 0 fully saturated rings. The van der Waals surface area contributed by atoms with E-state index >= 15 is 0 Å². The fraction of sp³-hybridized carbons (Fsp3) is 0.308. The molecule has 1 heterocycles. The van der Waals surface area contributed by atoms with Crippen LogP contribution in [0.5, 0.6) is 11.5 Å². The molecule has 3 aromatic carbocycles. The highest BCUT2D eigenvalue weighted by Gasteiger charge is 2.21. The second kappa shape index (κ2) is 8.71. The van der Waals surface area contributed by atoms with Crippen molar-refractivity contribution in [3.05, 3.63) is 94.0 Å². The highest BCUT2D eigenvalue weighted by molar-refractivity contribution is 5.45. The third-order valence-corrected chi connectivity index (χ3v) is 5.82. The van der Waals surface area contributed by atoms with Crippen molar-refractivity contribution in [1.82, 2.24) is 5.32 Å². The van der Waals surface area contributed by atoms with E-state index in [-0.39, 0.29) is 0 Å². The molecule has 0 aromatic heterocycles. The lowest BCUT2D eigenvalue weighted by molar-refractivity contribution is 0.284. The third kappa shape index (κ3) is 4.46. The molecule has 0 spiro atoms. The van der Waals surface area contributed by atoms with Crippen LogP contribution in [-0.4, -0.2) is 13.7 Å². The fourth-order valence-electron chi connectivity index (χ4n) is 4.04. The highest BCUT2D eigenvalue weighted by Crippen LogP contribution is 2.33. The van der Waals surface area contributed by atoms with Crippen molar-refractivity contribution in [2.45, 2.75) is 39.3 Å². The molecule has 1 aliphatic heterocycles. The summed E-state index contributed by atoms with van der Waals surface area (Å²) in [6, 6.07) is 21.5. The Bertz CT molecular complexity index is 981. The van der Waals surface area contributed by atoms with E-state index in [9.17, 15) is 0 Å². The Morgan fingerprint density at radius 3 is 2.48 bits per heavy atom. The molecule has 3 heteroatoms. The average molecular weight is 388 g/mol. The van der Waals surface area contributed by atoms with E-state index in [0.29, 0.717) is 12.6 Å². The Morgan fingerprint density at radius 1 is 0.897 bits per heavy atom. The molecule has 1 aliphatic rings. The second-order valence-corrected chi connectivity index (χ2v) is 7.86. The lowest BCUT2D eigenvalue weighted by atomic mass is 9.87. The van der Waals surface area contributed by atoms with Gasteiger partial charge in [0.05, 0.1) is 7.11 Å². The first-order chi connectivity index (χ1) is 14.1. The summed E-state index contributed by atoms with van der Waals surface area (Å²) in [5.74, 6) is 1.57. The summed E-state index contributed by atoms with van der Waals surface area (Å²) in [4.78, 5) is 0. The summed E-state index contributed by atoms with van der Waals surface area (Å²) >= 11 is 0. The maximum absolute atomic E-state index is 6.00. The Kier molecular flexibility index (Phi) is 5.86. The maximum Gasteiger partial charge on any atom is 0.161 e. The monoisotopic (exact) mass is 387 g/mol. The second-order valence-electron chi connectivity index (χ2n) is 7.86. The van der Waals surface area contributed by atoms with Crippen molar-refractivity contribution in [2.24, 2.45) is 0 Å². The van der Waals surface area contributed by atoms with Crippen LogP contribution < -0.4 is 14.8 Å². The van der Waals surface area contributed by atoms with Crippen molar-refractivity contribution >= 4 is 0 Å². The molecule has 3 nitrogen and oxygen atoms in total. The zero-order chi connectivity index (χ0) is 20.2. The van der Waals surface area contributed by atoms with Crippen LogP contribution in [0.1, 0.15) is 39.4 Å². The van der Waals surface area contributed by atoms with Crippen LogP contribution in [0, 0.1) is 13.8 Å². The summed E-state index contributed by atoms with van der Waals surface area (Å²) < 4.78 is 11.6. The topological polar surface area (TPSA) is 30.5 Å². The van der Waals surface area contributed by atoms with Crippen molar-refractivity contribution in [2.75, 3.05) is 13.7 Å². The molecule has 150 valence electrons. The Hall–Kier alpha value is -2.78. The highest BCUT2D eigenvalue weighted by atomic mass is 16.5. The normalized spacial score (nSPS) is 15.6. The lowest BCUT2D eigenvalue weighted by Crippen LogP contribution is -2.31. The van der Waals surface area contributed by atoms with Gasteiger partial charge in [0.15, 0.2) is 11.5 Å². The number of fused-ring (bicyclic) bond motifs is 1. The first kappa shape index (κ1) is 19.5.